The zero-order chi connectivity index (χ0) is 20.0. The molecule has 6 nitrogen and oxygen atoms in total. The van der Waals surface area contributed by atoms with Gasteiger partial charge in [-0.3, -0.25) is 4.68 Å². The maximum atomic E-state index is 4.80. The molecule has 3 heterocycles. The third-order valence-electron chi connectivity index (χ3n) is 4.88. The minimum absolute atomic E-state index is 0.692. The number of fused-ring (bicyclic) bond motifs is 2. The van der Waals surface area contributed by atoms with Crippen LogP contribution in [-0.2, 0) is 26.4 Å². The predicted molar refractivity (Wildman–Crippen MR) is 111 cm³/mol. The van der Waals surface area contributed by atoms with Gasteiger partial charge in [0.1, 0.15) is 0 Å². The van der Waals surface area contributed by atoms with Gasteiger partial charge < -0.3 is 0 Å². The number of rotatable bonds is 5. The van der Waals surface area contributed by atoms with E-state index in [1.165, 1.54) is 19.4 Å². The summed E-state index contributed by atoms with van der Waals surface area (Å²) in [4.78, 5) is 4.80. The molecule has 0 saturated carbocycles. The molecule has 4 aromatic rings. The van der Waals surface area contributed by atoms with Crippen molar-refractivity contribution < 1.29 is 19.4 Å². The molecular weight excluding hydrogens is 520 g/mol. The zero-order valence-corrected chi connectivity index (χ0v) is 19.4. The summed E-state index contributed by atoms with van der Waals surface area (Å²) in [6.07, 6.45) is 0. The summed E-state index contributed by atoms with van der Waals surface area (Å²) in [5, 5.41) is 13.9. The molecule has 1 N–H and O–H groups in total. The van der Waals surface area contributed by atoms with E-state index in [0.717, 1.165) is 56.1 Å². The van der Waals surface area contributed by atoms with E-state index in [-0.39, 0.29) is 0 Å². The van der Waals surface area contributed by atoms with Crippen LogP contribution in [0.25, 0.3) is 27.7 Å². The van der Waals surface area contributed by atoms with Crippen LogP contribution in [0.4, 0.5) is 5.82 Å². The second kappa shape index (κ2) is 7.10. The van der Waals surface area contributed by atoms with Crippen molar-refractivity contribution in [3.8, 4) is 11.1 Å². The Balaban J connectivity index is 1.89. The first-order valence-electron chi connectivity index (χ1n) is 9.06. The number of nitrogens with one attached hydrogen (secondary N) is 1. The molecule has 0 radical (unpaired) electrons. The van der Waals surface area contributed by atoms with Crippen molar-refractivity contribution in [1.82, 2.24) is 24.4 Å². The molecule has 0 aliphatic rings. The van der Waals surface area contributed by atoms with E-state index in [2.05, 4.69) is 39.6 Å². The molecule has 0 bridgehead atoms. The number of anilines is 1. The molecule has 0 unspecified atom stereocenters. The zero-order valence-electron chi connectivity index (χ0n) is 16.4. The minimum atomic E-state index is 0.692. The third-order valence-corrected chi connectivity index (χ3v) is 6.08. The molecule has 0 fully saturated rings. The number of aromatic nitrogens is 5. The van der Waals surface area contributed by atoms with E-state index in [9.17, 15) is 0 Å². The monoisotopic (exact) mass is 542 g/mol. The van der Waals surface area contributed by atoms with Crippen LogP contribution in [0, 0.1) is 20.8 Å². The Labute approximate surface area is 174 Å². The number of aryl methyl sites for hydroxylation is 4. The Morgan fingerprint density at radius 3 is 2.71 bits per heavy atom. The van der Waals surface area contributed by atoms with Gasteiger partial charge in [0, 0.05) is 7.05 Å². The van der Waals surface area contributed by atoms with E-state index in [4.69, 9.17) is 10.1 Å². The maximum absolute atomic E-state index is 4.80. The van der Waals surface area contributed by atoms with Crippen LogP contribution in [0.5, 0.6) is 0 Å². The summed E-state index contributed by atoms with van der Waals surface area (Å²) in [6, 6.07) is 8.45. The molecule has 3 aromatic heterocycles. The molecule has 0 aliphatic carbocycles. The van der Waals surface area contributed by atoms with Crippen molar-refractivity contribution >= 4 is 26.8 Å². The van der Waals surface area contributed by atoms with E-state index >= 15 is 0 Å². The van der Waals surface area contributed by atoms with Gasteiger partial charge in [-0.2, -0.15) is 5.10 Å². The van der Waals surface area contributed by atoms with Crippen LogP contribution in [0.15, 0.2) is 36.4 Å². The van der Waals surface area contributed by atoms with Gasteiger partial charge in [-0.05, 0) is 6.92 Å². The third kappa shape index (κ3) is 3.12. The number of hydrogen-bond donors (Lipinski definition) is 1. The van der Waals surface area contributed by atoms with Crippen molar-refractivity contribution in [2.45, 2.75) is 20.8 Å². The van der Waals surface area contributed by atoms with Gasteiger partial charge in [-0.15, -0.1) is 0 Å². The van der Waals surface area contributed by atoms with Gasteiger partial charge in [0.05, 0.1) is 0 Å². The van der Waals surface area contributed by atoms with Crippen molar-refractivity contribution in [1.29, 1.82) is 0 Å². The standard InChI is InChI=1S/C21H22N6.W/c1-12(2)11-22-19-9-13(3)23-21-20(15(5)25-27(19)21)16-7-8-18-17(10-16)14(4)24-26(18)6;/h1,7-10,22H,2,11H2,3-6H3;. The second-order valence-corrected chi connectivity index (χ2v) is 7.90. The summed E-state index contributed by atoms with van der Waals surface area (Å²) in [5.74, 6) is 0.925. The topological polar surface area (TPSA) is 60.0 Å². The average Bonchev–Trinajstić information content (AvgIpc) is 3.14. The van der Waals surface area contributed by atoms with Gasteiger partial charge in [0.25, 0.3) is 0 Å². The van der Waals surface area contributed by atoms with Crippen molar-refractivity contribution in [3.05, 3.63) is 53.5 Å². The molecule has 4 rings (SSSR count). The Kier molecular flexibility index (Phi) is 4.75. The molecule has 142 valence electrons. The first-order valence-corrected chi connectivity index (χ1v) is 10.8. The fraction of sp³-hybridized carbons (Fsp3) is 0.238. The van der Waals surface area contributed by atoms with Gasteiger partial charge in [-0.25, -0.2) is 0 Å². The molecule has 0 amide bonds. The fourth-order valence-corrected chi connectivity index (χ4v) is 3.85. The normalized spacial score (nSPS) is 11.3. The SMILES string of the molecule is C=C([CH]=[W])CNc1cc(C)nc2c(-c3ccc4c(c3)c(C)nn4C)c(C)nn12. The summed E-state index contributed by atoms with van der Waals surface area (Å²) >= 11 is 1.40. The van der Waals surface area contributed by atoms with E-state index in [1.807, 2.05) is 43.1 Å². The van der Waals surface area contributed by atoms with Crippen LogP contribution < -0.4 is 5.32 Å². The molecule has 28 heavy (non-hydrogen) atoms. The van der Waals surface area contributed by atoms with Gasteiger partial charge in [0.2, 0.25) is 0 Å². The van der Waals surface area contributed by atoms with Crippen LogP contribution in [-0.4, -0.2) is 35.3 Å². The molecule has 0 atom stereocenters. The van der Waals surface area contributed by atoms with E-state index in [0.29, 0.717) is 6.54 Å². The molecule has 0 aliphatic heterocycles. The quantitative estimate of drug-likeness (QED) is 0.420. The Bertz CT molecular complexity index is 1250. The van der Waals surface area contributed by atoms with Crippen LogP contribution in [0.2, 0.25) is 0 Å². The summed E-state index contributed by atoms with van der Waals surface area (Å²) < 4.78 is 5.90. The van der Waals surface area contributed by atoms with Crippen LogP contribution in [0.1, 0.15) is 17.1 Å². The van der Waals surface area contributed by atoms with Gasteiger partial charge in [-0.1, -0.05) is 0 Å². The number of hydrogen-bond acceptors (Lipinski definition) is 4. The number of nitrogens with zero attached hydrogens (tertiary/aromatic N) is 5. The summed E-state index contributed by atoms with van der Waals surface area (Å²) in [5.41, 5.74) is 8.14. The molecule has 0 saturated heterocycles. The first-order chi connectivity index (χ1) is 13.4. The Morgan fingerprint density at radius 2 is 1.96 bits per heavy atom. The van der Waals surface area contributed by atoms with Crippen molar-refractivity contribution in [2.24, 2.45) is 7.05 Å². The Hall–Kier alpha value is -2.59. The molecule has 7 heteroatoms. The van der Waals surface area contributed by atoms with Crippen molar-refractivity contribution in [2.75, 3.05) is 11.9 Å². The Morgan fingerprint density at radius 1 is 1.18 bits per heavy atom. The van der Waals surface area contributed by atoms with Crippen LogP contribution >= 0.6 is 0 Å². The van der Waals surface area contributed by atoms with E-state index in [1.54, 1.807) is 0 Å². The van der Waals surface area contributed by atoms with Crippen LogP contribution in [0.3, 0.4) is 0 Å². The van der Waals surface area contributed by atoms with Crippen molar-refractivity contribution in [3.63, 3.8) is 0 Å². The van der Waals surface area contributed by atoms with E-state index < -0.39 is 0 Å². The van der Waals surface area contributed by atoms with Gasteiger partial charge >= 0.3 is 151 Å². The van der Waals surface area contributed by atoms with Gasteiger partial charge in [0.15, 0.2) is 0 Å². The summed E-state index contributed by atoms with van der Waals surface area (Å²) in [6.45, 7) is 10.8. The average molecular weight is 542 g/mol. The second-order valence-electron chi connectivity index (χ2n) is 7.05. The molecule has 1 aromatic carbocycles. The fourth-order valence-electron chi connectivity index (χ4n) is 3.55. The number of benzene rings is 1. The predicted octanol–water partition coefficient (Wildman–Crippen LogP) is 3.53. The first kappa shape index (κ1) is 18.8. The molecular formula is C21H22N6W. The molecule has 0 spiro atoms. The summed E-state index contributed by atoms with van der Waals surface area (Å²) in [7, 11) is 1.97.